The molecular weight excluding hydrogens is 270 g/mol. The number of fused-ring (bicyclic) bond motifs is 1. The molecule has 2 rings (SSSR count). The molecule has 0 spiro atoms. The molecule has 2 aliphatic carbocycles. The van der Waals surface area contributed by atoms with Crippen molar-refractivity contribution in [1.29, 1.82) is 0 Å². The zero-order chi connectivity index (χ0) is 15.2. The summed E-state index contributed by atoms with van der Waals surface area (Å²) in [7, 11) is 1.57. The number of amides is 1. The summed E-state index contributed by atoms with van der Waals surface area (Å²) in [6.45, 7) is 0.539. The Morgan fingerprint density at radius 2 is 1.86 bits per heavy atom. The average molecular weight is 297 g/mol. The Morgan fingerprint density at radius 1 is 1.14 bits per heavy atom. The normalized spacial score (nSPS) is 28.7. The molecule has 0 heterocycles. The lowest BCUT2D eigenvalue weighted by Gasteiger charge is -2.40. The number of nitrogens with zero attached hydrogens (tertiary/aromatic N) is 1. The van der Waals surface area contributed by atoms with Crippen molar-refractivity contribution in [2.75, 3.05) is 26.8 Å². The minimum absolute atomic E-state index is 0.0125. The second kappa shape index (κ2) is 7.78. The Morgan fingerprint density at radius 3 is 2.52 bits per heavy atom. The number of carbonyl (C=O) groups excluding carboxylic acids is 1. The maximum atomic E-state index is 12.6. The number of ether oxygens (including phenoxy) is 1. The van der Waals surface area contributed by atoms with Crippen LogP contribution in [0.5, 0.6) is 0 Å². The Balaban J connectivity index is 1.94. The first-order chi connectivity index (χ1) is 10.1. The van der Waals surface area contributed by atoms with E-state index in [9.17, 15) is 9.59 Å². The van der Waals surface area contributed by atoms with Gasteiger partial charge in [0, 0.05) is 19.6 Å². The minimum Gasteiger partial charge on any atom is -0.480 e. The molecule has 0 aliphatic heterocycles. The number of carbonyl (C=O) groups is 2. The van der Waals surface area contributed by atoms with Gasteiger partial charge in [-0.05, 0) is 31.1 Å². The number of hydrogen-bond acceptors (Lipinski definition) is 3. The van der Waals surface area contributed by atoms with Crippen molar-refractivity contribution in [1.82, 2.24) is 4.90 Å². The van der Waals surface area contributed by atoms with Crippen LogP contribution in [0.1, 0.15) is 44.9 Å². The number of carboxylic acids is 1. The summed E-state index contributed by atoms with van der Waals surface area (Å²) in [6, 6.07) is 0. The van der Waals surface area contributed by atoms with Gasteiger partial charge in [-0.1, -0.05) is 25.7 Å². The predicted molar refractivity (Wildman–Crippen MR) is 78.9 cm³/mol. The van der Waals surface area contributed by atoms with Gasteiger partial charge in [-0.3, -0.25) is 9.59 Å². The Kier molecular flexibility index (Phi) is 6.03. The molecule has 0 saturated heterocycles. The molecule has 0 bridgehead atoms. The van der Waals surface area contributed by atoms with E-state index >= 15 is 0 Å². The molecule has 0 aromatic carbocycles. The van der Waals surface area contributed by atoms with E-state index in [0.29, 0.717) is 19.1 Å². The van der Waals surface area contributed by atoms with Crippen LogP contribution >= 0.6 is 0 Å². The molecule has 2 aliphatic rings. The van der Waals surface area contributed by atoms with Crippen LogP contribution in [0.15, 0.2) is 0 Å². The van der Waals surface area contributed by atoms with Gasteiger partial charge in [-0.25, -0.2) is 0 Å². The summed E-state index contributed by atoms with van der Waals surface area (Å²) >= 11 is 0. The fourth-order valence-electron chi connectivity index (χ4n) is 3.99. The molecule has 2 fully saturated rings. The molecule has 0 aromatic rings. The van der Waals surface area contributed by atoms with Crippen LogP contribution in [0.3, 0.4) is 0 Å². The summed E-state index contributed by atoms with van der Waals surface area (Å²) in [4.78, 5) is 25.0. The molecule has 120 valence electrons. The molecule has 5 nitrogen and oxygen atoms in total. The van der Waals surface area contributed by atoms with Crippen LogP contribution in [0.25, 0.3) is 0 Å². The highest BCUT2D eigenvalue weighted by atomic mass is 16.5. The first-order valence-electron chi connectivity index (χ1n) is 8.11. The zero-order valence-corrected chi connectivity index (χ0v) is 12.9. The summed E-state index contributed by atoms with van der Waals surface area (Å²) < 4.78 is 4.99. The third kappa shape index (κ3) is 4.43. The smallest absolute Gasteiger partial charge is 0.323 e. The number of rotatable bonds is 6. The minimum atomic E-state index is -0.953. The largest absolute Gasteiger partial charge is 0.480 e. The van der Waals surface area contributed by atoms with Crippen LogP contribution in [0.2, 0.25) is 0 Å². The summed E-state index contributed by atoms with van der Waals surface area (Å²) in [6.07, 6.45) is 8.17. The van der Waals surface area contributed by atoms with Gasteiger partial charge in [0.2, 0.25) is 5.91 Å². The summed E-state index contributed by atoms with van der Waals surface area (Å²) in [5.74, 6) is 0.551. The van der Waals surface area contributed by atoms with E-state index in [1.54, 1.807) is 7.11 Å². The Labute approximate surface area is 126 Å². The van der Waals surface area contributed by atoms with Gasteiger partial charge in [-0.15, -0.1) is 0 Å². The number of methoxy groups -OCH3 is 1. The molecule has 2 saturated carbocycles. The zero-order valence-electron chi connectivity index (χ0n) is 12.9. The highest BCUT2D eigenvalue weighted by molar-refractivity contribution is 5.83. The maximum Gasteiger partial charge on any atom is 0.323 e. The van der Waals surface area contributed by atoms with E-state index in [4.69, 9.17) is 9.84 Å². The molecule has 0 radical (unpaired) electrons. The monoisotopic (exact) mass is 297 g/mol. The van der Waals surface area contributed by atoms with Crippen LogP contribution in [-0.4, -0.2) is 48.7 Å². The maximum absolute atomic E-state index is 12.6. The SMILES string of the molecule is COCCN(CC(=O)O)C(=O)C1CCC2CCCCC2C1. The molecule has 0 aromatic heterocycles. The highest BCUT2D eigenvalue weighted by Gasteiger charge is 2.36. The predicted octanol–water partition coefficient (Wildman–Crippen LogP) is 2.15. The van der Waals surface area contributed by atoms with Crippen LogP contribution in [0.4, 0.5) is 0 Å². The van der Waals surface area contributed by atoms with E-state index in [2.05, 4.69) is 0 Å². The lowest BCUT2D eigenvalue weighted by atomic mass is 9.67. The molecular formula is C16H27NO4. The number of hydrogen-bond donors (Lipinski definition) is 1. The van der Waals surface area contributed by atoms with Crippen LogP contribution in [0, 0.1) is 17.8 Å². The molecule has 3 atom stereocenters. The van der Waals surface area contributed by atoms with Gasteiger partial charge in [0.25, 0.3) is 0 Å². The van der Waals surface area contributed by atoms with E-state index in [-0.39, 0.29) is 18.4 Å². The molecule has 1 amide bonds. The number of carboxylic acid groups (broad SMARTS) is 1. The third-order valence-electron chi connectivity index (χ3n) is 5.09. The first kappa shape index (κ1) is 16.3. The fourth-order valence-corrected chi connectivity index (χ4v) is 3.99. The van der Waals surface area contributed by atoms with Crippen LogP contribution < -0.4 is 0 Å². The molecule has 5 heteroatoms. The van der Waals surface area contributed by atoms with Crippen LogP contribution in [-0.2, 0) is 14.3 Å². The molecule has 1 N–H and O–H groups in total. The van der Waals surface area contributed by atoms with Crippen molar-refractivity contribution in [3.05, 3.63) is 0 Å². The van der Waals surface area contributed by atoms with E-state index in [1.165, 1.54) is 30.6 Å². The van der Waals surface area contributed by atoms with Crippen molar-refractivity contribution < 1.29 is 19.4 Å². The Hall–Kier alpha value is -1.10. The van der Waals surface area contributed by atoms with Gasteiger partial charge in [0.15, 0.2) is 0 Å². The quantitative estimate of drug-likeness (QED) is 0.816. The lowest BCUT2D eigenvalue weighted by molar-refractivity contribution is -0.148. The van der Waals surface area contributed by atoms with Gasteiger partial charge < -0.3 is 14.7 Å². The highest BCUT2D eigenvalue weighted by Crippen LogP contribution is 2.43. The molecule has 3 unspecified atom stereocenters. The van der Waals surface area contributed by atoms with Crippen molar-refractivity contribution >= 4 is 11.9 Å². The second-order valence-corrected chi connectivity index (χ2v) is 6.46. The van der Waals surface area contributed by atoms with Gasteiger partial charge >= 0.3 is 5.97 Å². The van der Waals surface area contributed by atoms with Gasteiger partial charge in [0.05, 0.1) is 6.61 Å². The Bertz CT molecular complexity index is 371. The fraction of sp³-hybridized carbons (Fsp3) is 0.875. The number of aliphatic carboxylic acids is 1. The molecule has 21 heavy (non-hydrogen) atoms. The topological polar surface area (TPSA) is 66.8 Å². The lowest BCUT2D eigenvalue weighted by Crippen LogP contribution is -2.44. The van der Waals surface area contributed by atoms with Crippen molar-refractivity contribution in [3.63, 3.8) is 0 Å². The van der Waals surface area contributed by atoms with Gasteiger partial charge in [-0.2, -0.15) is 0 Å². The first-order valence-corrected chi connectivity index (χ1v) is 8.11. The average Bonchev–Trinajstić information content (AvgIpc) is 2.50. The van der Waals surface area contributed by atoms with E-state index < -0.39 is 5.97 Å². The second-order valence-electron chi connectivity index (χ2n) is 6.46. The van der Waals surface area contributed by atoms with Gasteiger partial charge in [0.1, 0.15) is 6.54 Å². The third-order valence-corrected chi connectivity index (χ3v) is 5.09. The van der Waals surface area contributed by atoms with Crippen molar-refractivity contribution in [3.8, 4) is 0 Å². The van der Waals surface area contributed by atoms with E-state index in [0.717, 1.165) is 25.2 Å². The summed E-state index contributed by atoms with van der Waals surface area (Å²) in [5.41, 5.74) is 0. The van der Waals surface area contributed by atoms with Crippen molar-refractivity contribution in [2.24, 2.45) is 17.8 Å². The van der Waals surface area contributed by atoms with E-state index in [1.807, 2.05) is 0 Å². The van der Waals surface area contributed by atoms with Crippen molar-refractivity contribution in [2.45, 2.75) is 44.9 Å². The summed E-state index contributed by atoms with van der Waals surface area (Å²) in [5, 5.41) is 8.98. The standard InChI is InChI=1S/C16H27NO4/c1-21-9-8-17(11-15(18)19)16(20)14-7-6-12-4-2-3-5-13(12)10-14/h12-14H,2-11H2,1H3,(H,18,19).